The summed E-state index contributed by atoms with van der Waals surface area (Å²) in [5.41, 5.74) is 4.89. The smallest absolute Gasteiger partial charge is 0.355 e. The molecule has 0 saturated carbocycles. The van der Waals surface area contributed by atoms with E-state index in [0.29, 0.717) is 35.4 Å². The van der Waals surface area contributed by atoms with Crippen LogP contribution in [0.5, 0.6) is 11.5 Å². The number of hydrazine groups is 1. The summed E-state index contributed by atoms with van der Waals surface area (Å²) < 4.78 is 11.0. The third kappa shape index (κ3) is 4.58. The predicted octanol–water partition coefficient (Wildman–Crippen LogP) is 3.96. The molecule has 164 valence electrons. The van der Waals surface area contributed by atoms with Crippen LogP contribution < -0.4 is 25.6 Å². The van der Waals surface area contributed by atoms with Gasteiger partial charge in [0.25, 0.3) is 5.91 Å². The van der Waals surface area contributed by atoms with Crippen LogP contribution in [0.4, 0.5) is 23.0 Å². The Hall–Kier alpha value is -3.83. The van der Waals surface area contributed by atoms with Crippen LogP contribution in [0.15, 0.2) is 42.7 Å². The van der Waals surface area contributed by atoms with E-state index in [1.165, 1.54) is 18.2 Å². The number of hydrogen-bond acceptors (Lipinski definition) is 9. The number of rotatable bonds is 6. The number of aromatic nitrogens is 2. The van der Waals surface area contributed by atoms with Gasteiger partial charge in [-0.05, 0) is 30.3 Å². The van der Waals surface area contributed by atoms with E-state index in [1.54, 1.807) is 18.2 Å². The average molecular weight is 477 g/mol. The number of carbonyl (C=O) groups is 1. The lowest BCUT2D eigenvalue weighted by Gasteiger charge is -2.19. The van der Waals surface area contributed by atoms with Crippen LogP contribution >= 0.6 is 23.2 Å². The summed E-state index contributed by atoms with van der Waals surface area (Å²) in [5, 5.41) is 15.1. The van der Waals surface area contributed by atoms with Crippen molar-refractivity contribution >= 4 is 52.1 Å². The maximum absolute atomic E-state index is 12.4. The molecule has 2 heterocycles. The lowest BCUT2D eigenvalue weighted by atomic mass is 10.2. The predicted molar refractivity (Wildman–Crippen MR) is 117 cm³/mol. The maximum atomic E-state index is 12.4. The SMILES string of the molecule is O=C(NNc1ncnc(Nc2ccc3c(c2)OCCO3)c1[N+](=O)[O-])c1ccc(Cl)cc1Cl. The Kier molecular flexibility index (Phi) is 6.10. The number of hydrogen-bond donors (Lipinski definition) is 3. The molecule has 13 heteroatoms. The standard InChI is InChI=1S/C19H14Cl2N6O5/c20-10-1-3-12(13(21)7-10)19(28)26-25-18-16(27(29)30)17(22-9-23-18)24-11-2-4-14-15(8-11)32-6-5-31-14/h1-4,7-9H,5-6H2,(H,26,28)(H2,22,23,24,25). The number of nitro groups is 1. The van der Waals surface area contributed by atoms with Crippen LogP contribution in [0.25, 0.3) is 0 Å². The van der Waals surface area contributed by atoms with E-state index in [2.05, 4.69) is 26.1 Å². The zero-order chi connectivity index (χ0) is 22.7. The van der Waals surface area contributed by atoms with E-state index in [-0.39, 0.29) is 22.2 Å². The van der Waals surface area contributed by atoms with Crippen molar-refractivity contribution < 1.29 is 19.2 Å². The fraction of sp³-hybridized carbons (Fsp3) is 0.105. The van der Waals surface area contributed by atoms with Gasteiger partial charge in [0.1, 0.15) is 19.5 Å². The average Bonchev–Trinajstić information content (AvgIpc) is 2.77. The Morgan fingerprint density at radius 1 is 1.03 bits per heavy atom. The first-order chi connectivity index (χ1) is 15.4. The minimum atomic E-state index is -0.676. The number of benzene rings is 2. The van der Waals surface area contributed by atoms with Crippen LogP contribution in [0.3, 0.4) is 0 Å². The molecule has 0 radical (unpaired) electrons. The summed E-state index contributed by atoms with van der Waals surface area (Å²) >= 11 is 11.8. The van der Waals surface area contributed by atoms with Gasteiger partial charge in [0.05, 0.1) is 15.5 Å². The van der Waals surface area contributed by atoms with E-state index in [4.69, 9.17) is 32.7 Å². The van der Waals surface area contributed by atoms with E-state index in [9.17, 15) is 14.9 Å². The topological polar surface area (TPSA) is 141 Å². The molecule has 0 saturated heterocycles. The number of nitrogens with zero attached hydrogens (tertiary/aromatic N) is 3. The Balaban J connectivity index is 1.55. The van der Waals surface area contributed by atoms with Crippen molar-refractivity contribution in [3.8, 4) is 11.5 Å². The molecule has 0 atom stereocenters. The molecule has 3 N–H and O–H groups in total. The summed E-state index contributed by atoms with van der Waals surface area (Å²) in [4.78, 5) is 31.2. The highest BCUT2D eigenvalue weighted by molar-refractivity contribution is 6.36. The van der Waals surface area contributed by atoms with Gasteiger partial charge in [-0.15, -0.1) is 0 Å². The Bertz CT molecular complexity index is 1210. The van der Waals surface area contributed by atoms with Crippen LogP contribution in [-0.4, -0.2) is 34.0 Å². The summed E-state index contributed by atoms with van der Waals surface area (Å²) in [5.74, 6) is 0.112. The van der Waals surface area contributed by atoms with Gasteiger partial charge in [-0.1, -0.05) is 23.2 Å². The lowest BCUT2D eigenvalue weighted by Crippen LogP contribution is -2.30. The second-order valence-electron chi connectivity index (χ2n) is 6.36. The van der Waals surface area contributed by atoms with E-state index in [1.807, 2.05) is 0 Å². The van der Waals surface area contributed by atoms with Gasteiger partial charge < -0.3 is 14.8 Å². The number of amides is 1. The zero-order valence-electron chi connectivity index (χ0n) is 16.1. The molecule has 1 aromatic heterocycles. The van der Waals surface area contributed by atoms with Gasteiger partial charge in [0.2, 0.25) is 11.6 Å². The number of carbonyl (C=O) groups excluding carboxylic acids is 1. The normalized spacial score (nSPS) is 12.1. The highest BCUT2D eigenvalue weighted by Gasteiger charge is 2.24. The quantitative estimate of drug-likeness (QED) is 0.355. The molecule has 3 aromatic rings. The second kappa shape index (κ2) is 9.12. The number of nitrogens with one attached hydrogen (secondary N) is 3. The third-order valence-electron chi connectivity index (χ3n) is 4.28. The molecule has 0 spiro atoms. The largest absolute Gasteiger partial charge is 0.486 e. The molecular weight excluding hydrogens is 463 g/mol. The first-order valence-corrected chi connectivity index (χ1v) is 9.85. The number of fused-ring (bicyclic) bond motifs is 1. The van der Waals surface area contributed by atoms with Crippen molar-refractivity contribution in [2.45, 2.75) is 0 Å². The highest BCUT2D eigenvalue weighted by Crippen LogP contribution is 2.36. The van der Waals surface area contributed by atoms with Crippen LogP contribution in [-0.2, 0) is 0 Å². The van der Waals surface area contributed by atoms with Gasteiger partial charge >= 0.3 is 5.69 Å². The zero-order valence-corrected chi connectivity index (χ0v) is 17.6. The fourth-order valence-corrected chi connectivity index (χ4v) is 3.34. The van der Waals surface area contributed by atoms with Crippen molar-refractivity contribution in [1.29, 1.82) is 0 Å². The van der Waals surface area contributed by atoms with Crippen LogP contribution in [0, 0.1) is 10.1 Å². The Labute approximate surface area is 190 Å². The Morgan fingerprint density at radius 3 is 2.53 bits per heavy atom. The monoisotopic (exact) mass is 476 g/mol. The molecule has 32 heavy (non-hydrogen) atoms. The molecule has 0 bridgehead atoms. The van der Waals surface area contributed by atoms with Gasteiger partial charge in [0.15, 0.2) is 11.5 Å². The number of ether oxygens (including phenoxy) is 2. The number of halogens is 2. The van der Waals surface area contributed by atoms with Crippen LogP contribution in [0.2, 0.25) is 10.0 Å². The summed E-state index contributed by atoms with van der Waals surface area (Å²) in [7, 11) is 0. The number of anilines is 3. The van der Waals surface area contributed by atoms with Crippen molar-refractivity contribution in [1.82, 2.24) is 15.4 Å². The maximum Gasteiger partial charge on any atom is 0.355 e. The summed E-state index contributed by atoms with van der Waals surface area (Å²) in [6.07, 6.45) is 1.11. The molecule has 4 rings (SSSR count). The molecule has 1 aliphatic rings. The minimum absolute atomic E-state index is 0.0945. The fourth-order valence-electron chi connectivity index (χ4n) is 2.85. The van der Waals surface area contributed by atoms with E-state index in [0.717, 1.165) is 6.33 Å². The van der Waals surface area contributed by atoms with Crippen molar-refractivity contribution in [2.75, 3.05) is 24.0 Å². The van der Waals surface area contributed by atoms with Crippen molar-refractivity contribution in [3.63, 3.8) is 0 Å². The van der Waals surface area contributed by atoms with Crippen molar-refractivity contribution in [3.05, 3.63) is 68.4 Å². The Morgan fingerprint density at radius 2 is 1.78 bits per heavy atom. The summed E-state index contributed by atoms with van der Waals surface area (Å²) in [6.45, 7) is 0.842. The van der Waals surface area contributed by atoms with Gasteiger partial charge in [-0.25, -0.2) is 9.97 Å². The first kappa shape index (κ1) is 21.4. The van der Waals surface area contributed by atoms with Gasteiger partial charge in [-0.3, -0.25) is 25.8 Å². The van der Waals surface area contributed by atoms with Crippen molar-refractivity contribution in [2.24, 2.45) is 0 Å². The highest BCUT2D eigenvalue weighted by atomic mass is 35.5. The van der Waals surface area contributed by atoms with Gasteiger partial charge in [-0.2, -0.15) is 0 Å². The second-order valence-corrected chi connectivity index (χ2v) is 7.21. The molecule has 0 unspecified atom stereocenters. The van der Waals surface area contributed by atoms with Gasteiger partial charge in [0, 0.05) is 16.8 Å². The molecule has 11 nitrogen and oxygen atoms in total. The van der Waals surface area contributed by atoms with E-state index < -0.39 is 16.5 Å². The minimum Gasteiger partial charge on any atom is -0.486 e. The molecule has 0 aliphatic carbocycles. The third-order valence-corrected chi connectivity index (χ3v) is 4.83. The molecule has 2 aromatic carbocycles. The van der Waals surface area contributed by atoms with E-state index >= 15 is 0 Å². The molecule has 0 fully saturated rings. The van der Waals surface area contributed by atoms with Crippen LogP contribution in [0.1, 0.15) is 10.4 Å². The summed E-state index contributed by atoms with van der Waals surface area (Å²) in [6, 6.07) is 9.30. The molecule has 1 aliphatic heterocycles. The lowest BCUT2D eigenvalue weighted by molar-refractivity contribution is -0.383. The first-order valence-electron chi connectivity index (χ1n) is 9.10. The molecule has 1 amide bonds. The molecular formula is C19H14Cl2N6O5.